The number of ether oxygens (including phenoxy) is 1. The molecule has 8 heteroatoms. The van der Waals surface area contributed by atoms with Gasteiger partial charge in [0.25, 0.3) is 5.56 Å². The van der Waals surface area contributed by atoms with Gasteiger partial charge in [-0.1, -0.05) is 59.6 Å². The second-order valence-corrected chi connectivity index (χ2v) is 8.86. The molecule has 0 unspecified atom stereocenters. The molecular formula is C23H18Cl2N2O3S. The summed E-state index contributed by atoms with van der Waals surface area (Å²) < 4.78 is 6.91. The number of hydrogen-bond acceptors (Lipinski definition) is 5. The number of aromatic nitrogens is 2. The van der Waals surface area contributed by atoms with E-state index >= 15 is 0 Å². The molecule has 0 amide bonds. The molecule has 31 heavy (non-hydrogen) atoms. The van der Waals surface area contributed by atoms with Crippen LogP contribution in [-0.4, -0.2) is 22.1 Å². The van der Waals surface area contributed by atoms with Crippen molar-refractivity contribution in [2.75, 3.05) is 6.61 Å². The zero-order chi connectivity index (χ0) is 22.0. The van der Waals surface area contributed by atoms with Crippen molar-refractivity contribution in [3.63, 3.8) is 0 Å². The lowest BCUT2D eigenvalue weighted by Crippen LogP contribution is -2.21. The van der Waals surface area contributed by atoms with Crippen LogP contribution in [0.4, 0.5) is 0 Å². The van der Waals surface area contributed by atoms with E-state index in [2.05, 4.69) is 4.98 Å². The summed E-state index contributed by atoms with van der Waals surface area (Å²) >= 11 is 13.4. The first-order valence-corrected chi connectivity index (χ1v) is 11.1. The molecule has 0 saturated carbocycles. The fraction of sp³-hybridized carbons (Fsp3) is 0.174. The Hall–Kier alpha value is -2.67. The summed E-state index contributed by atoms with van der Waals surface area (Å²) in [5.41, 5.74) is 2.20. The van der Waals surface area contributed by atoms with Gasteiger partial charge in [-0.05, 0) is 35.7 Å². The summed E-state index contributed by atoms with van der Waals surface area (Å²) in [5.74, 6) is -0.442. The van der Waals surface area contributed by atoms with E-state index in [-0.39, 0.29) is 18.7 Å². The summed E-state index contributed by atoms with van der Waals surface area (Å²) in [4.78, 5) is 31.0. The van der Waals surface area contributed by atoms with Crippen LogP contribution in [-0.2, 0) is 17.7 Å². The van der Waals surface area contributed by atoms with Crippen LogP contribution >= 0.6 is 34.5 Å². The van der Waals surface area contributed by atoms with E-state index in [0.29, 0.717) is 37.1 Å². The molecule has 0 saturated heterocycles. The molecule has 0 spiro atoms. The number of hydrogen-bond donors (Lipinski definition) is 0. The van der Waals surface area contributed by atoms with Gasteiger partial charge in [-0.25, -0.2) is 9.78 Å². The Morgan fingerprint density at radius 2 is 1.94 bits per heavy atom. The largest absolute Gasteiger partial charge is 0.461 e. The number of aryl methyl sites for hydroxylation is 1. The molecule has 0 aliphatic heterocycles. The van der Waals surface area contributed by atoms with Gasteiger partial charge in [-0.3, -0.25) is 9.36 Å². The minimum Gasteiger partial charge on any atom is -0.461 e. The van der Waals surface area contributed by atoms with Crippen LogP contribution in [0.5, 0.6) is 0 Å². The summed E-state index contributed by atoms with van der Waals surface area (Å²) in [7, 11) is 0. The fourth-order valence-corrected chi connectivity index (χ4v) is 4.77. The predicted octanol–water partition coefficient (Wildman–Crippen LogP) is 5.52. The fourth-order valence-electron chi connectivity index (χ4n) is 3.27. The van der Waals surface area contributed by atoms with Crippen molar-refractivity contribution in [2.45, 2.75) is 19.9 Å². The highest BCUT2D eigenvalue weighted by atomic mass is 35.5. The summed E-state index contributed by atoms with van der Waals surface area (Å²) in [6.45, 7) is 2.27. The quantitative estimate of drug-likeness (QED) is 0.346. The van der Waals surface area contributed by atoms with Gasteiger partial charge in [0.15, 0.2) is 0 Å². The number of rotatable bonds is 6. The molecule has 158 valence electrons. The maximum absolute atomic E-state index is 13.1. The van der Waals surface area contributed by atoms with E-state index in [1.807, 2.05) is 30.3 Å². The zero-order valence-corrected chi connectivity index (χ0v) is 18.9. The Morgan fingerprint density at radius 1 is 1.16 bits per heavy atom. The Morgan fingerprint density at radius 3 is 2.68 bits per heavy atom. The van der Waals surface area contributed by atoms with E-state index < -0.39 is 5.97 Å². The zero-order valence-electron chi connectivity index (χ0n) is 16.6. The van der Waals surface area contributed by atoms with Gasteiger partial charge in [0, 0.05) is 16.5 Å². The molecule has 0 fully saturated rings. The Bertz CT molecular complexity index is 1320. The van der Waals surface area contributed by atoms with Crippen molar-refractivity contribution < 1.29 is 9.53 Å². The van der Waals surface area contributed by atoms with Crippen molar-refractivity contribution in [2.24, 2.45) is 0 Å². The molecule has 5 nitrogen and oxygen atoms in total. The highest BCUT2D eigenvalue weighted by Crippen LogP contribution is 2.28. The van der Waals surface area contributed by atoms with E-state index in [9.17, 15) is 9.59 Å². The van der Waals surface area contributed by atoms with Crippen LogP contribution in [0.25, 0.3) is 10.2 Å². The van der Waals surface area contributed by atoms with Crippen LogP contribution in [0.3, 0.4) is 0 Å². The number of fused-ring (bicyclic) bond motifs is 1. The lowest BCUT2D eigenvalue weighted by molar-refractivity contribution is 0.0514. The van der Waals surface area contributed by atoms with Crippen LogP contribution in [0.1, 0.15) is 26.4 Å². The molecule has 0 aliphatic carbocycles. The number of halogens is 2. The Kier molecular flexibility index (Phi) is 6.41. The number of nitrogens with zero attached hydrogens (tertiary/aromatic N) is 2. The molecular weight excluding hydrogens is 455 g/mol. The van der Waals surface area contributed by atoms with Gasteiger partial charge in [-0.2, -0.15) is 0 Å². The first-order valence-electron chi connectivity index (χ1n) is 9.57. The highest BCUT2D eigenvalue weighted by molar-refractivity contribution is 7.20. The van der Waals surface area contributed by atoms with Gasteiger partial charge in [0.2, 0.25) is 0 Å². The normalized spacial score (nSPS) is 11.1. The molecule has 0 aliphatic rings. The van der Waals surface area contributed by atoms with Crippen LogP contribution < -0.4 is 5.56 Å². The first-order chi connectivity index (χ1) is 14.9. The SMILES string of the molecule is Cc1c(C(=O)OCCc2ccccc2)sc2ncn(Cc3ccc(Cl)cc3Cl)c(=O)c12. The molecule has 0 radical (unpaired) electrons. The van der Waals surface area contributed by atoms with E-state index in [4.69, 9.17) is 27.9 Å². The smallest absolute Gasteiger partial charge is 0.348 e. The third-order valence-electron chi connectivity index (χ3n) is 4.93. The number of carbonyl (C=O) groups is 1. The van der Waals surface area contributed by atoms with Gasteiger partial charge >= 0.3 is 5.97 Å². The van der Waals surface area contributed by atoms with Crippen molar-refractivity contribution in [1.29, 1.82) is 0 Å². The van der Waals surface area contributed by atoms with E-state index in [1.165, 1.54) is 22.2 Å². The van der Waals surface area contributed by atoms with Gasteiger partial charge < -0.3 is 4.74 Å². The van der Waals surface area contributed by atoms with E-state index in [1.54, 1.807) is 25.1 Å². The lowest BCUT2D eigenvalue weighted by atomic mass is 10.2. The second kappa shape index (κ2) is 9.22. The average Bonchev–Trinajstić information content (AvgIpc) is 3.10. The van der Waals surface area contributed by atoms with Crippen LogP contribution in [0, 0.1) is 6.92 Å². The standard InChI is InChI=1S/C23H18Cl2N2O3S/c1-14-19-21(31-20(14)23(29)30-10-9-15-5-3-2-4-6-15)26-13-27(22(19)28)12-16-7-8-17(24)11-18(16)25/h2-8,11,13H,9-10,12H2,1H3. The maximum atomic E-state index is 13.1. The first kappa shape index (κ1) is 21.6. The molecule has 0 atom stereocenters. The van der Waals surface area contributed by atoms with Crippen molar-refractivity contribution in [1.82, 2.24) is 9.55 Å². The second-order valence-electron chi connectivity index (χ2n) is 7.02. The van der Waals surface area contributed by atoms with Gasteiger partial charge in [-0.15, -0.1) is 11.3 Å². The van der Waals surface area contributed by atoms with Crippen LogP contribution in [0.15, 0.2) is 59.7 Å². The third kappa shape index (κ3) is 4.66. The average molecular weight is 473 g/mol. The molecule has 0 N–H and O–H groups in total. The molecule has 4 aromatic rings. The minimum atomic E-state index is -0.442. The van der Waals surface area contributed by atoms with E-state index in [0.717, 1.165) is 11.1 Å². The monoisotopic (exact) mass is 472 g/mol. The summed E-state index contributed by atoms with van der Waals surface area (Å²) in [5, 5.41) is 1.43. The Balaban J connectivity index is 1.56. The number of thiophene rings is 1. The molecule has 2 heterocycles. The molecule has 2 aromatic heterocycles. The van der Waals surface area contributed by atoms with Crippen molar-refractivity contribution >= 4 is 50.7 Å². The van der Waals surface area contributed by atoms with Gasteiger partial charge in [0.05, 0.1) is 24.9 Å². The molecule has 4 rings (SSSR count). The van der Waals surface area contributed by atoms with Crippen LogP contribution in [0.2, 0.25) is 10.0 Å². The minimum absolute atomic E-state index is 0.229. The Labute approximate surface area is 192 Å². The summed E-state index contributed by atoms with van der Waals surface area (Å²) in [6.07, 6.45) is 2.10. The predicted molar refractivity (Wildman–Crippen MR) is 125 cm³/mol. The van der Waals surface area contributed by atoms with Crippen molar-refractivity contribution in [3.8, 4) is 0 Å². The highest BCUT2D eigenvalue weighted by Gasteiger charge is 2.21. The third-order valence-corrected chi connectivity index (χ3v) is 6.69. The number of carbonyl (C=O) groups excluding carboxylic acids is 1. The van der Waals surface area contributed by atoms with Crippen molar-refractivity contribution in [3.05, 3.63) is 96.8 Å². The van der Waals surface area contributed by atoms with Gasteiger partial charge in [0.1, 0.15) is 9.71 Å². The molecule has 2 aromatic carbocycles. The lowest BCUT2D eigenvalue weighted by Gasteiger charge is -2.08. The number of esters is 1. The number of benzene rings is 2. The molecule has 0 bridgehead atoms. The maximum Gasteiger partial charge on any atom is 0.348 e. The topological polar surface area (TPSA) is 61.2 Å². The summed E-state index contributed by atoms with van der Waals surface area (Å²) in [6, 6.07) is 14.9.